The van der Waals surface area contributed by atoms with Crippen molar-refractivity contribution in [2.75, 3.05) is 7.11 Å². The molecule has 7 nitrogen and oxygen atoms in total. The molecule has 2 heterocycles. The van der Waals surface area contributed by atoms with Crippen molar-refractivity contribution in [2.45, 2.75) is 72.1 Å². The van der Waals surface area contributed by atoms with Gasteiger partial charge in [0.15, 0.2) is 6.29 Å². The van der Waals surface area contributed by atoms with Crippen molar-refractivity contribution in [1.29, 1.82) is 0 Å². The molecule has 3 rings (SSSR count). The third kappa shape index (κ3) is 11.9. The van der Waals surface area contributed by atoms with E-state index in [2.05, 4.69) is 58.1 Å². The van der Waals surface area contributed by atoms with Crippen LogP contribution in [0.25, 0.3) is 0 Å². The lowest BCUT2D eigenvalue weighted by atomic mass is 10.1. The summed E-state index contributed by atoms with van der Waals surface area (Å²) < 4.78 is 15.8. The molecule has 0 spiro atoms. The Balaban J connectivity index is 0.000000524. The van der Waals surface area contributed by atoms with Gasteiger partial charge in [0.2, 0.25) is 0 Å². The van der Waals surface area contributed by atoms with Gasteiger partial charge in [-0.15, -0.1) is 0 Å². The van der Waals surface area contributed by atoms with Crippen molar-refractivity contribution in [2.24, 2.45) is 10.7 Å². The van der Waals surface area contributed by atoms with Crippen LogP contribution in [0.15, 0.2) is 62.8 Å². The lowest BCUT2D eigenvalue weighted by molar-refractivity contribution is 0.112. The number of nitrogens with zero attached hydrogens (tertiary/aromatic N) is 1. The number of ether oxygens (including phenoxy) is 1. The number of aldehydes is 1. The van der Waals surface area contributed by atoms with Crippen LogP contribution in [-0.4, -0.2) is 47.3 Å². The van der Waals surface area contributed by atoms with Crippen LogP contribution in [0.5, 0.6) is 5.75 Å². The molecule has 0 aliphatic carbocycles. The van der Waals surface area contributed by atoms with Crippen LogP contribution < -0.4 is 21.2 Å². The minimum absolute atomic E-state index is 0. The van der Waals surface area contributed by atoms with Gasteiger partial charge < -0.3 is 24.8 Å². The Morgan fingerprint density at radius 2 is 1.30 bits per heavy atom. The third-order valence-electron chi connectivity index (χ3n) is 5.03. The van der Waals surface area contributed by atoms with Crippen molar-refractivity contribution >= 4 is 39.4 Å². The first kappa shape index (κ1) is 34.3. The number of hydrogen-bond donors (Lipinski definition) is 1. The predicted octanol–water partition coefficient (Wildman–Crippen LogP) is 5.83. The Hall–Kier alpha value is -2.73. The highest BCUT2D eigenvalue weighted by atomic mass is 28.3. The smallest absolute Gasteiger partial charge is 0.153 e. The van der Waals surface area contributed by atoms with Crippen LogP contribution in [0.2, 0.25) is 39.3 Å². The minimum atomic E-state index is -1.44. The number of carbonyl (C=O) groups is 1. The summed E-state index contributed by atoms with van der Waals surface area (Å²) in [5, 5.41) is 2.04. The summed E-state index contributed by atoms with van der Waals surface area (Å²) in [5.74, 6) is 0.870. The van der Waals surface area contributed by atoms with Crippen molar-refractivity contribution in [3.8, 4) is 5.75 Å². The number of hydrogen-bond acceptors (Lipinski definition) is 7. The maximum Gasteiger partial charge on any atom is 0.153 e. The molecule has 0 fully saturated rings. The van der Waals surface area contributed by atoms with Crippen LogP contribution in [0.1, 0.15) is 48.3 Å². The fraction of sp³-hybridized carbons (Fsp3) is 0.429. The van der Waals surface area contributed by atoms with Crippen LogP contribution in [0, 0.1) is 0 Å². The molecule has 0 aliphatic heterocycles. The van der Waals surface area contributed by atoms with E-state index in [0.717, 1.165) is 33.9 Å². The molecule has 9 heteroatoms. The summed E-state index contributed by atoms with van der Waals surface area (Å²) in [6.45, 7) is 19.4. The first-order valence-electron chi connectivity index (χ1n) is 12.2. The standard InChI is InChI=1S/C11H19NOSi.C9H13NO.C8H12O2Si.H2O/c1-9(2)12-8-10-6-7-13-11(10)14(3,4)5;1-7(10)8-3-5-9(11-2)6-4-8;1-11(2,3)8-7(6-9)4-5-10-8;/h6-9H,1-5H3;3-7H,10H2,1-2H3;4-6H,1-3H3;1H2/p-1/t;7-;;/m.0../s1. The lowest BCUT2D eigenvalue weighted by Crippen LogP contribution is -2.38. The fourth-order valence-electron chi connectivity index (χ4n) is 3.19. The fourth-order valence-corrected chi connectivity index (χ4v) is 6.05. The second-order valence-corrected chi connectivity index (χ2v) is 20.9. The van der Waals surface area contributed by atoms with Gasteiger partial charge in [-0.05, 0) is 50.6 Å². The maximum absolute atomic E-state index is 10.5. The molecule has 0 saturated carbocycles. The molecule has 1 aromatic carbocycles. The number of carbonyl (C=O) groups excluding carboxylic acids is 1. The second kappa shape index (κ2) is 15.5. The lowest BCUT2D eigenvalue weighted by Gasteiger charge is -2.13. The van der Waals surface area contributed by atoms with E-state index in [1.807, 2.05) is 43.5 Å². The number of methoxy groups -OCH3 is 1. The van der Waals surface area contributed by atoms with E-state index in [0.29, 0.717) is 11.6 Å². The molecule has 0 unspecified atom stereocenters. The molecule has 0 bridgehead atoms. The van der Waals surface area contributed by atoms with E-state index in [1.54, 1.807) is 25.7 Å². The highest BCUT2D eigenvalue weighted by Crippen LogP contribution is 2.15. The Bertz CT molecular complexity index is 1070. The third-order valence-corrected chi connectivity index (χ3v) is 8.57. The average molecular weight is 546 g/mol. The summed E-state index contributed by atoms with van der Waals surface area (Å²) in [6, 6.07) is 11.9. The van der Waals surface area contributed by atoms with Gasteiger partial charge in [-0.25, -0.2) is 0 Å². The molecule has 0 saturated heterocycles. The topological polar surface area (TPSA) is 121 Å². The zero-order chi connectivity index (χ0) is 27.5. The first-order chi connectivity index (χ1) is 16.7. The molecule has 0 amide bonds. The average Bonchev–Trinajstić information content (AvgIpc) is 3.47. The molecule has 0 aliphatic rings. The Labute approximate surface area is 224 Å². The summed E-state index contributed by atoms with van der Waals surface area (Å²) in [6.07, 6.45) is 6.13. The monoisotopic (exact) mass is 545 g/mol. The Morgan fingerprint density at radius 1 is 0.838 bits per heavy atom. The van der Waals surface area contributed by atoms with E-state index in [4.69, 9.17) is 19.3 Å². The number of furan rings is 2. The summed E-state index contributed by atoms with van der Waals surface area (Å²) in [5.41, 5.74) is 8.66. The zero-order valence-electron chi connectivity index (χ0n) is 24.0. The van der Waals surface area contributed by atoms with Crippen molar-refractivity contribution < 1.29 is 23.8 Å². The molecule has 37 heavy (non-hydrogen) atoms. The van der Waals surface area contributed by atoms with Crippen LogP contribution in [0.3, 0.4) is 0 Å². The van der Waals surface area contributed by atoms with Gasteiger partial charge in [0.05, 0.1) is 36.0 Å². The highest BCUT2D eigenvalue weighted by molar-refractivity contribution is 6.88. The molecule has 206 valence electrons. The normalized spacial score (nSPS) is 12.1. The Kier molecular flexibility index (Phi) is 14.4. The molecule has 2 aromatic heterocycles. The van der Waals surface area contributed by atoms with Gasteiger partial charge in [0.1, 0.15) is 21.9 Å². The van der Waals surface area contributed by atoms with Crippen molar-refractivity contribution in [3.63, 3.8) is 0 Å². The molecular weight excluding hydrogens is 500 g/mol. The summed E-state index contributed by atoms with van der Waals surface area (Å²) in [7, 11) is -1.15. The van der Waals surface area contributed by atoms with Crippen molar-refractivity contribution in [1.82, 2.24) is 0 Å². The van der Waals surface area contributed by atoms with E-state index in [9.17, 15) is 4.79 Å². The van der Waals surface area contributed by atoms with Gasteiger partial charge in [-0.1, -0.05) is 51.4 Å². The highest BCUT2D eigenvalue weighted by Gasteiger charge is 2.24. The van der Waals surface area contributed by atoms with Gasteiger partial charge in [-0.3, -0.25) is 9.79 Å². The predicted molar refractivity (Wildman–Crippen MR) is 159 cm³/mol. The van der Waals surface area contributed by atoms with Crippen LogP contribution in [-0.2, 0) is 0 Å². The minimum Gasteiger partial charge on any atom is -0.870 e. The molecule has 3 N–H and O–H groups in total. The number of aliphatic imine (C=N–C) groups is 1. The molecule has 3 aromatic rings. The summed E-state index contributed by atoms with van der Waals surface area (Å²) in [4.78, 5) is 14.9. The second-order valence-electron chi connectivity index (χ2n) is 11.0. The van der Waals surface area contributed by atoms with Crippen LogP contribution in [0.4, 0.5) is 0 Å². The molecule has 1 atom stereocenters. The zero-order valence-corrected chi connectivity index (χ0v) is 26.0. The van der Waals surface area contributed by atoms with Crippen molar-refractivity contribution in [3.05, 3.63) is 65.6 Å². The maximum atomic E-state index is 10.5. The number of benzene rings is 1. The van der Waals surface area contributed by atoms with E-state index >= 15 is 0 Å². The SMILES string of the molecule is CC(C)N=Cc1ccoc1[Si](C)(C)C.COc1ccc([C@H](C)N)cc1.C[Si](C)(C)c1occc1C=O.[OH-]. The van der Waals surface area contributed by atoms with Gasteiger partial charge in [-0.2, -0.15) is 0 Å². The quantitative estimate of drug-likeness (QED) is 0.227. The van der Waals surface area contributed by atoms with Gasteiger partial charge in [0, 0.05) is 23.9 Å². The largest absolute Gasteiger partial charge is 0.870 e. The summed E-state index contributed by atoms with van der Waals surface area (Å²) >= 11 is 0. The van der Waals surface area contributed by atoms with Gasteiger partial charge in [0.25, 0.3) is 0 Å². The van der Waals surface area contributed by atoms with Gasteiger partial charge >= 0.3 is 0 Å². The van der Waals surface area contributed by atoms with E-state index < -0.39 is 16.1 Å². The first-order valence-corrected chi connectivity index (χ1v) is 19.2. The molecule has 0 radical (unpaired) electrons. The van der Waals surface area contributed by atoms with E-state index in [1.165, 1.54) is 0 Å². The molecular formula is C28H45N2O5Si2-. The Morgan fingerprint density at radius 3 is 1.65 bits per heavy atom. The number of nitrogens with two attached hydrogens (primary N) is 1. The van der Waals surface area contributed by atoms with E-state index in [-0.39, 0.29) is 11.5 Å². The van der Waals surface area contributed by atoms with Crippen LogP contribution >= 0.6 is 0 Å². The number of rotatable bonds is 7.